The molecule has 0 saturated carbocycles. The summed E-state index contributed by atoms with van der Waals surface area (Å²) in [6, 6.07) is 13.6. The molecule has 3 N–H and O–H groups in total. The van der Waals surface area contributed by atoms with E-state index < -0.39 is 0 Å². The molecule has 0 atom stereocenters. The first-order chi connectivity index (χ1) is 18.1. The van der Waals surface area contributed by atoms with Crippen LogP contribution in [-0.4, -0.2) is 72.5 Å². The average Bonchev–Trinajstić information content (AvgIpc) is 3.33. The van der Waals surface area contributed by atoms with Crippen molar-refractivity contribution in [1.29, 1.82) is 0 Å². The minimum Gasteiger partial charge on any atom is -0.398 e. The van der Waals surface area contributed by atoms with E-state index in [9.17, 15) is 9.59 Å². The lowest BCUT2D eigenvalue weighted by molar-refractivity contribution is 0.0364. The van der Waals surface area contributed by atoms with Crippen molar-refractivity contribution in [2.75, 3.05) is 51.7 Å². The number of nitrogens with one attached hydrogen (secondary N) is 1. The van der Waals surface area contributed by atoms with Gasteiger partial charge in [-0.15, -0.1) is 11.3 Å². The van der Waals surface area contributed by atoms with Crippen LogP contribution in [0.4, 0.5) is 10.5 Å². The highest BCUT2D eigenvalue weighted by molar-refractivity contribution is 7.08. The first kappa shape index (κ1) is 26.8. The highest BCUT2D eigenvalue weighted by Crippen LogP contribution is 2.19. The van der Waals surface area contributed by atoms with Crippen molar-refractivity contribution in [3.63, 3.8) is 0 Å². The summed E-state index contributed by atoms with van der Waals surface area (Å²) in [7, 11) is 0. The molecule has 2 aromatic heterocycles. The van der Waals surface area contributed by atoms with Gasteiger partial charge in [-0.2, -0.15) is 0 Å². The van der Waals surface area contributed by atoms with E-state index in [1.54, 1.807) is 12.3 Å². The molecular formula is C28H35N5O3S. The number of nitrogens with zero attached hydrogens (tertiary/aromatic N) is 3. The average molecular weight is 522 g/mol. The molecule has 0 unspecified atom stereocenters. The predicted octanol–water partition coefficient (Wildman–Crippen LogP) is 3.63. The molecule has 9 heteroatoms. The fraction of sp³-hybridized carbons (Fsp3) is 0.393. The Morgan fingerprint density at radius 2 is 1.89 bits per heavy atom. The normalized spacial score (nSPS) is 13.8. The van der Waals surface area contributed by atoms with Crippen LogP contribution in [0.2, 0.25) is 0 Å². The standard InChI is InChI=1S/C28H35N5O3S/c29-25-21-37-20-24(25)17-27(34)26-8-7-23(18-31-26)19-33(12-4-11-32-13-15-36-16-14-32)28(35)30-10-9-22-5-2-1-3-6-22/h1-3,5-8,18,20-21H,4,9-17,19,29H2,(H,30,35). The van der Waals surface area contributed by atoms with Gasteiger partial charge in [0.2, 0.25) is 0 Å². The Bertz CT molecular complexity index is 1130. The quantitative estimate of drug-likeness (QED) is 0.353. The Hall–Kier alpha value is -3.27. The number of morpholine rings is 1. The van der Waals surface area contributed by atoms with E-state index in [1.807, 2.05) is 39.9 Å². The molecule has 1 aromatic carbocycles. The zero-order chi connectivity index (χ0) is 25.9. The number of ketones is 1. The number of urea groups is 1. The lowest BCUT2D eigenvalue weighted by Crippen LogP contribution is -2.42. The second-order valence-electron chi connectivity index (χ2n) is 9.20. The molecule has 0 bridgehead atoms. The number of hydrogen-bond acceptors (Lipinski definition) is 7. The van der Waals surface area contributed by atoms with Gasteiger partial charge in [-0.25, -0.2) is 4.79 Å². The number of carbonyl (C=O) groups is 2. The number of pyridine rings is 1. The number of rotatable bonds is 12. The monoisotopic (exact) mass is 521 g/mol. The zero-order valence-corrected chi connectivity index (χ0v) is 21.9. The van der Waals surface area contributed by atoms with Gasteiger partial charge in [0, 0.05) is 63.0 Å². The van der Waals surface area contributed by atoms with Gasteiger partial charge in [0.05, 0.1) is 13.2 Å². The van der Waals surface area contributed by atoms with Crippen molar-refractivity contribution in [1.82, 2.24) is 20.1 Å². The summed E-state index contributed by atoms with van der Waals surface area (Å²) in [4.78, 5) is 34.3. The third-order valence-corrected chi connectivity index (χ3v) is 7.25. The summed E-state index contributed by atoms with van der Waals surface area (Å²) < 4.78 is 5.43. The van der Waals surface area contributed by atoms with Crippen molar-refractivity contribution in [3.05, 3.63) is 81.8 Å². The van der Waals surface area contributed by atoms with Crippen LogP contribution in [0.5, 0.6) is 0 Å². The second-order valence-corrected chi connectivity index (χ2v) is 9.94. The van der Waals surface area contributed by atoms with Crippen LogP contribution in [-0.2, 0) is 24.1 Å². The maximum atomic E-state index is 13.1. The summed E-state index contributed by atoms with van der Waals surface area (Å²) in [5.74, 6) is -0.0716. The van der Waals surface area contributed by atoms with Gasteiger partial charge >= 0.3 is 6.03 Å². The molecule has 1 aliphatic rings. The van der Waals surface area contributed by atoms with Gasteiger partial charge in [-0.1, -0.05) is 36.4 Å². The molecule has 3 aromatic rings. The van der Waals surface area contributed by atoms with E-state index in [1.165, 1.54) is 16.9 Å². The maximum absolute atomic E-state index is 13.1. The van der Waals surface area contributed by atoms with Gasteiger partial charge in [-0.05, 0) is 41.0 Å². The number of benzene rings is 1. The Kier molecular flexibility index (Phi) is 10.0. The largest absolute Gasteiger partial charge is 0.398 e. The molecule has 0 spiro atoms. The van der Waals surface area contributed by atoms with Crippen LogP contribution in [0, 0.1) is 0 Å². The Morgan fingerprint density at radius 1 is 1.08 bits per heavy atom. The molecule has 37 heavy (non-hydrogen) atoms. The summed E-state index contributed by atoms with van der Waals surface area (Å²) in [5, 5.41) is 6.79. The number of amides is 2. The molecule has 0 radical (unpaired) electrons. The third kappa shape index (κ3) is 8.38. The van der Waals surface area contributed by atoms with Crippen LogP contribution in [0.3, 0.4) is 0 Å². The van der Waals surface area contributed by atoms with Gasteiger partial charge in [-0.3, -0.25) is 14.7 Å². The lowest BCUT2D eigenvalue weighted by Gasteiger charge is -2.28. The number of hydrogen-bond donors (Lipinski definition) is 2. The molecule has 1 aliphatic heterocycles. The predicted molar refractivity (Wildman–Crippen MR) is 147 cm³/mol. The maximum Gasteiger partial charge on any atom is 0.317 e. The first-order valence-electron chi connectivity index (χ1n) is 12.7. The van der Waals surface area contributed by atoms with E-state index in [4.69, 9.17) is 10.5 Å². The number of Topliss-reactive ketones (excluding diaryl/α,β-unsaturated/α-hetero) is 1. The van der Waals surface area contributed by atoms with Crippen molar-refractivity contribution in [3.8, 4) is 0 Å². The minimum atomic E-state index is -0.0917. The smallest absolute Gasteiger partial charge is 0.317 e. The lowest BCUT2D eigenvalue weighted by atomic mass is 10.1. The van der Waals surface area contributed by atoms with Crippen LogP contribution in [0.1, 0.15) is 33.6 Å². The summed E-state index contributed by atoms with van der Waals surface area (Å²) in [5.41, 5.74) is 9.87. The van der Waals surface area contributed by atoms with Crippen molar-refractivity contribution in [2.45, 2.75) is 25.8 Å². The molecule has 196 valence electrons. The van der Waals surface area contributed by atoms with E-state index in [-0.39, 0.29) is 18.2 Å². The van der Waals surface area contributed by atoms with Gasteiger partial charge in [0.1, 0.15) is 5.69 Å². The number of thiophene rings is 1. The molecule has 0 aliphatic carbocycles. The number of nitrogens with two attached hydrogens (primary N) is 1. The second kappa shape index (κ2) is 13.9. The molecule has 1 saturated heterocycles. The number of aromatic nitrogens is 1. The number of ether oxygens (including phenoxy) is 1. The zero-order valence-electron chi connectivity index (χ0n) is 21.1. The number of anilines is 1. The van der Waals surface area contributed by atoms with E-state index in [2.05, 4.69) is 27.3 Å². The van der Waals surface area contributed by atoms with Gasteiger partial charge in [0.25, 0.3) is 0 Å². The number of nitrogen functional groups attached to an aromatic ring is 1. The Morgan fingerprint density at radius 3 is 2.59 bits per heavy atom. The highest BCUT2D eigenvalue weighted by Gasteiger charge is 2.17. The van der Waals surface area contributed by atoms with Gasteiger partial charge in [0.15, 0.2) is 5.78 Å². The van der Waals surface area contributed by atoms with Crippen LogP contribution >= 0.6 is 11.3 Å². The summed E-state index contributed by atoms with van der Waals surface area (Å²) in [6.07, 6.45) is 3.58. The van der Waals surface area contributed by atoms with Gasteiger partial charge < -0.3 is 20.7 Å². The van der Waals surface area contributed by atoms with Crippen molar-refractivity contribution >= 4 is 28.8 Å². The van der Waals surface area contributed by atoms with E-state index in [0.29, 0.717) is 31.0 Å². The first-order valence-corrected chi connectivity index (χ1v) is 13.7. The van der Waals surface area contributed by atoms with Crippen molar-refractivity contribution in [2.24, 2.45) is 0 Å². The number of carbonyl (C=O) groups excluding carboxylic acids is 2. The molecular weight excluding hydrogens is 486 g/mol. The summed E-state index contributed by atoms with van der Waals surface area (Å²) in [6.45, 7) is 5.94. The fourth-order valence-corrected chi connectivity index (χ4v) is 5.03. The van der Waals surface area contributed by atoms with E-state index >= 15 is 0 Å². The van der Waals surface area contributed by atoms with Crippen LogP contribution in [0.15, 0.2) is 59.4 Å². The molecule has 8 nitrogen and oxygen atoms in total. The molecule has 1 fully saturated rings. The van der Waals surface area contributed by atoms with Crippen LogP contribution in [0.25, 0.3) is 0 Å². The third-order valence-electron chi connectivity index (χ3n) is 6.44. The fourth-order valence-electron chi connectivity index (χ4n) is 4.28. The SMILES string of the molecule is Nc1cscc1CC(=O)c1ccc(CN(CCCN2CCOCC2)C(=O)NCCc2ccccc2)cn1. The van der Waals surface area contributed by atoms with Crippen LogP contribution < -0.4 is 11.1 Å². The molecule has 4 rings (SSSR count). The molecule has 2 amide bonds. The summed E-state index contributed by atoms with van der Waals surface area (Å²) >= 11 is 1.48. The minimum absolute atomic E-state index is 0.0716. The topological polar surface area (TPSA) is 101 Å². The highest BCUT2D eigenvalue weighted by atomic mass is 32.1. The Labute approximate surface area is 222 Å². The van der Waals surface area contributed by atoms with Crippen molar-refractivity contribution < 1.29 is 14.3 Å². The van der Waals surface area contributed by atoms with E-state index in [0.717, 1.165) is 56.8 Å². The molecule has 3 heterocycles. The Balaban J connectivity index is 1.33.